The summed E-state index contributed by atoms with van der Waals surface area (Å²) in [4.78, 5) is 27.5. The minimum Gasteiger partial charge on any atom is -0.451 e. The van der Waals surface area contributed by atoms with Crippen molar-refractivity contribution >= 4 is 16.9 Å². The molecule has 0 bridgehead atoms. The molecule has 2 aromatic heterocycles. The summed E-state index contributed by atoms with van der Waals surface area (Å²) < 4.78 is 7.88. The molecule has 33 heavy (non-hydrogen) atoms. The molecule has 0 fully saturated rings. The number of fused-ring (bicyclic) bond motifs is 1. The van der Waals surface area contributed by atoms with E-state index in [1.165, 1.54) is 11.6 Å². The quantitative estimate of drug-likeness (QED) is 0.457. The molecule has 1 atom stereocenters. The lowest BCUT2D eigenvalue weighted by atomic mass is 10.1. The van der Waals surface area contributed by atoms with Crippen LogP contribution in [0.3, 0.4) is 0 Å². The Morgan fingerprint density at radius 1 is 1.09 bits per heavy atom. The number of nitrogens with one attached hydrogen (secondary N) is 1. The van der Waals surface area contributed by atoms with Gasteiger partial charge in [-0.2, -0.15) is 0 Å². The normalized spacial score (nSPS) is 12.3. The van der Waals surface area contributed by atoms with Gasteiger partial charge in [0, 0.05) is 30.2 Å². The van der Waals surface area contributed by atoms with E-state index in [0.29, 0.717) is 17.5 Å². The molecule has 6 heteroatoms. The minimum absolute atomic E-state index is 0.0168. The monoisotopic (exact) mass is 443 g/mol. The number of benzene rings is 2. The van der Waals surface area contributed by atoms with Crippen LogP contribution in [0.2, 0.25) is 0 Å². The molecule has 4 rings (SSSR count). The Kier molecular flexibility index (Phi) is 6.47. The van der Waals surface area contributed by atoms with Gasteiger partial charge in [0.05, 0.1) is 11.4 Å². The van der Waals surface area contributed by atoms with Crippen LogP contribution in [0.5, 0.6) is 0 Å². The van der Waals surface area contributed by atoms with E-state index >= 15 is 0 Å². The lowest BCUT2D eigenvalue weighted by molar-refractivity contribution is 0.0914. The highest BCUT2D eigenvalue weighted by atomic mass is 16.3. The van der Waals surface area contributed by atoms with E-state index < -0.39 is 5.91 Å². The molecule has 4 aromatic rings. The van der Waals surface area contributed by atoms with Crippen LogP contribution >= 0.6 is 0 Å². The van der Waals surface area contributed by atoms with Gasteiger partial charge in [-0.1, -0.05) is 30.7 Å². The number of carbonyl (C=O) groups excluding carboxylic acids is 1. The highest BCUT2D eigenvalue weighted by Gasteiger charge is 2.21. The van der Waals surface area contributed by atoms with Gasteiger partial charge in [-0.15, -0.1) is 0 Å². The number of aromatic nitrogens is 1. The predicted octanol–water partition coefficient (Wildman–Crippen LogP) is 4.49. The van der Waals surface area contributed by atoms with Crippen molar-refractivity contribution in [3.05, 3.63) is 99.7 Å². The molecule has 6 nitrogen and oxygen atoms in total. The van der Waals surface area contributed by atoms with Gasteiger partial charge in [-0.25, -0.2) is 0 Å². The van der Waals surface area contributed by atoms with Gasteiger partial charge in [-0.05, 0) is 69.4 Å². The standard InChI is InChI=1S/C27H29N3O3/c1-5-19-10-13-25-21(15-19)24(31)16-26(33-25)27(32)28-17-23(29(3)4)22-7-6-14-30(22)20-11-8-18(2)9-12-20/h6-16,23H,5,17H2,1-4H3,(H,28,32)/t23-/m0/s1. The summed E-state index contributed by atoms with van der Waals surface area (Å²) >= 11 is 0. The molecule has 1 amide bonds. The van der Waals surface area contributed by atoms with Crippen molar-refractivity contribution in [1.82, 2.24) is 14.8 Å². The fraction of sp³-hybridized carbons (Fsp3) is 0.259. The third-order valence-electron chi connectivity index (χ3n) is 5.94. The molecule has 2 aromatic carbocycles. The Labute approximate surface area is 193 Å². The van der Waals surface area contributed by atoms with Gasteiger partial charge in [0.15, 0.2) is 11.2 Å². The number of likely N-dealkylation sites (N-methyl/N-ethyl adjacent to an activating group) is 1. The van der Waals surface area contributed by atoms with Crippen molar-refractivity contribution in [1.29, 1.82) is 0 Å². The Morgan fingerprint density at radius 2 is 1.85 bits per heavy atom. The fourth-order valence-corrected chi connectivity index (χ4v) is 3.97. The largest absolute Gasteiger partial charge is 0.451 e. The number of rotatable bonds is 7. The van der Waals surface area contributed by atoms with Crippen LogP contribution in [-0.4, -0.2) is 36.0 Å². The molecule has 0 saturated heterocycles. The summed E-state index contributed by atoms with van der Waals surface area (Å²) in [7, 11) is 3.95. The maximum atomic E-state index is 12.9. The molecule has 0 aliphatic rings. The number of amides is 1. The van der Waals surface area contributed by atoms with Crippen molar-refractivity contribution < 1.29 is 9.21 Å². The number of carbonyl (C=O) groups is 1. The molecular weight excluding hydrogens is 414 g/mol. The van der Waals surface area contributed by atoms with E-state index in [0.717, 1.165) is 23.4 Å². The third kappa shape index (κ3) is 4.76. The lowest BCUT2D eigenvalue weighted by Crippen LogP contribution is -2.35. The van der Waals surface area contributed by atoms with Crippen LogP contribution in [0, 0.1) is 6.92 Å². The maximum absolute atomic E-state index is 12.9. The SMILES string of the molecule is CCc1ccc2oc(C(=O)NC[C@@H](c3cccn3-c3ccc(C)cc3)N(C)C)cc(=O)c2c1. The molecular formula is C27H29N3O3. The molecule has 0 radical (unpaired) electrons. The highest BCUT2D eigenvalue weighted by Crippen LogP contribution is 2.23. The molecule has 0 saturated carbocycles. The lowest BCUT2D eigenvalue weighted by Gasteiger charge is -2.26. The Bertz CT molecular complexity index is 1330. The second-order valence-corrected chi connectivity index (χ2v) is 8.49. The van der Waals surface area contributed by atoms with Crippen molar-refractivity contribution in [3.8, 4) is 5.69 Å². The molecule has 1 N–H and O–H groups in total. The summed E-state index contributed by atoms with van der Waals surface area (Å²) in [5.74, 6) is -0.392. The van der Waals surface area contributed by atoms with Crippen molar-refractivity contribution in [2.75, 3.05) is 20.6 Å². The Hall–Kier alpha value is -3.64. The highest BCUT2D eigenvalue weighted by molar-refractivity contribution is 5.93. The molecule has 2 heterocycles. The number of aryl methyl sites for hydroxylation is 2. The summed E-state index contributed by atoms with van der Waals surface area (Å²) in [6.07, 6.45) is 2.85. The number of nitrogens with zero attached hydrogens (tertiary/aromatic N) is 2. The van der Waals surface area contributed by atoms with Gasteiger partial charge in [0.2, 0.25) is 0 Å². The van der Waals surface area contributed by atoms with Crippen LogP contribution < -0.4 is 10.7 Å². The zero-order chi connectivity index (χ0) is 23.5. The fourth-order valence-electron chi connectivity index (χ4n) is 3.97. The van der Waals surface area contributed by atoms with Gasteiger partial charge < -0.3 is 14.3 Å². The number of hydrogen-bond donors (Lipinski definition) is 1. The van der Waals surface area contributed by atoms with Crippen molar-refractivity contribution in [3.63, 3.8) is 0 Å². The first kappa shape index (κ1) is 22.6. The van der Waals surface area contributed by atoms with Crippen LogP contribution in [0.1, 0.15) is 40.3 Å². The van der Waals surface area contributed by atoms with Crippen molar-refractivity contribution in [2.45, 2.75) is 26.3 Å². The maximum Gasteiger partial charge on any atom is 0.287 e. The van der Waals surface area contributed by atoms with Gasteiger partial charge >= 0.3 is 0 Å². The van der Waals surface area contributed by atoms with E-state index in [1.54, 1.807) is 6.07 Å². The van der Waals surface area contributed by atoms with Gasteiger partial charge in [-0.3, -0.25) is 14.5 Å². The first-order chi connectivity index (χ1) is 15.9. The van der Waals surface area contributed by atoms with Gasteiger partial charge in [0.1, 0.15) is 5.58 Å². The molecule has 0 aliphatic heterocycles. The van der Waals surface area contributed by atoms with Crippen LogP contribution in [0.15, 0.2) is 76.1 Å². The summed E-state index contributed by atoms with van der Waals surface area (Å²) in [5.41, 5.74) is 4.57. The van der Waals surface area contributed by atoms with E-state index in [1.807, 2.05) is 45.4 Å². The third-order valence-corrected chi connectivity index (χ3v) is 5.94. The van der Waals surface area contributed by atoms with E-state index in [2.05, 4.69) is 52.0 Å². The topological polar surface area (TPSA) is 67.5 Å². The van der Waals surface area contributed by atoms with Crippen LogP contribution in [-0.2, 0) is 6.42 Å². The second kappa shape index (κ2) is 9.46. The Morgan fingerprint density at radius 3 is 2.55 bits per heavy atom. The zero-order valence-corrected chi connectivity index (χ0v) is 19.5. The first-order valence-electron chi connectivity index (χ1n) is 11.1. The first-order valence-corrected chi connectivity index (χ1v) is 11.1. The van der Waals surface area contributed by atoms with E-state index in [4.69, 9.17) is 4.42 Å². The summed E-state index contributed by atoms with van der Waals surface area (Å²) in [6.45, 7) is 4.45. The van der Waals surface area contributed by atoms with Crippen LogP contribution in [0.4, 0.5) is 0 Å². The molecule has 0 spiro atoms. The van der Waals surface area contributed by atoms with Gasteiger partial charge in [0.25, 0.3) is 5.91 Å². The number of hydrogen-bond acceptors (Lipinski definition) is 4. The van der Waals surface area contributed by atoms with Crippen LogP contribution in [0.25, 0.3) is 16.7 Å². The summed E-state index contributed by atoms with van der Waals surface area (Å²) in [6, 6.07) is 19.1. The minimum atomic E-state index is -0.408. The summed E-state index contributed by atoms with van der Waals surface area (Å²) in [5, 5.41) is 3.44. The van der Waals surface area contributed by atoms with E-state index in [-0.39, 0.29) is 17.2 Å². The Balaban J connectivity index is 1.56. The van der Waals surface area contributed by atoms with E-state index in [9.17, 15) is 9.59 Å². The predicted molar refractivity (Wildman–Crippen MR) is 131 cm³/mol. The second-order valence-electron chi connectivity index (χ2n) is 8.49. The average Bonchev–Trinajstić information content (AvgIpc) is 3.28. The smallest absolute Gasteiger partial charge is 0.287 e. The van der Waals surface area contributed by atoms with Crippen molar-refractivity contribution in [2.24, 2.45) is 0 Å². The molecule has 170 valence electrons. The zero-order valence-electron chi connectivity index (χ0n) is 19.5. The molecule has 0 unspecified atom stereocenters. The average molecular weight is 444 g/mol. The molecule has 0 aliphatic carbocycles.